The van der Waals surface area contributed by atoms with Gasteiger partial charge in [0.05, 0.1) is 35.6 Å². The molecule has 0 spiro atoms. The Morgan fingerprint density at radius 2 is 2.26 bits per heavy atom. The van der Waals surface area contributed by atoms with Crippen molar-refractivity contribution >= 4 is 49.1 Å². The topological polar surface area (TPSA) is 73.2 Å². The first-order valence-electron chi connectivity index (χ1n) is 8.70. The molecule has 1 atom stereocenters. The fraction of sp³-hybridized carbons (Fsp3) is 0.316. The number of rotatable bonds is 4. The first-order valence-corrected chi connectivity index (χ1v) is 10.3. The lowest BCUT2D eigenvalue weighted by Gasteiger charge is -2.11. The molecule has 0 unspecified atom stereocenters. The minimum atomic E-state index is -0.306. The van der Waals surface area contributed by atoms with Crippen LogP contribution in [0, 0.1) is 6.92 Å². The number of fused-ring (bicyclic) bond motifs is 1. The highest BCUT2D eigenvalue weighted by Gasteiger charge is 2.23. The van der Waals surface area contributed by atoms with Crippen molar-refractivity contribution in [1.29, 1.82) is 0 Å². The average molecular weight is 448 g/mol. The average Bonchev–Trinajstić information content (AvgIpc) is 3.26. The number of aromatic nitrogens is 2. The van der Waals surface area contributed by atoms with E-state index in [4.69, 9.17) is 4.74 Å². The van der Waals surface area contributed by atoms with E-state index in [0.717, 1.165) is 28.8 Å². The van der Waals surface area contributed by atoms with Crippen LogP contribution in [0.4, 0.5) is 5.69 Å². The molecule has 6 nitrogen and oxygen atoms in total. The number of thiophene rings is 1. The van der Waals surface area contributed by atoms with Crippen LogP contribution in [0.3, 0.4) is 0 Å². The Morgan fingerprint density at radius 1 is 1.44 bits per heavy atom. The summed E-state index contributed by atoms with van der Waals surface area (Å²) in [6, 6.07) is 7.37. The molecule has 0 aliphatic carbocycles. The van der Waals surface area contributed by atoms with Crippen LogP contribution in [0.1, 0.15) is 28.1 Å². The maximum Gasteiger partial charge on any atom is 0.262 e. The minimum absolute atomic E-state index is 0.0271. The maximum atomic E-state index is 13.1. The third kappa shape index (κ3) is 3.56. The van der Waals surface area contributed by atoms with E-state index in [1.165, 1.54) is 11.3 Å². The summed E-state index contributed by atoms with van der Waals surface area (Å²) in [5, 5.41) is 3.26. The first kappa shape index (κ1) is 18.3. The van der Waals surface area contributed by atoms with Crippen molar-refractivity contribution in [1.82, 2.24) is 9.55 Å². The van der Waals surface area contributed by atoms with E-state index in [2.05, 4.69) is 26.2 Å². The number of aryl methyl sites for hydroxylation is 1. The number of halogens is 1. The molecule has 0 saturated carbocycles. The number of nitrogens with one attached hydrogen (secondary N) is 1. The van der Waals surface area contributed by atoms with Gasteiger partial charge in [-0.15, -0.1) is 11.3 Å². The lowest BCUT2D eigenvalue weighted by molar-refractivity contribution is 0.0960. The second-order valence-electron chi connectivity index (χ2n) is 6.48. The van der Waals surface area contributed by atoms with Crippen LogP contribution in [0.25, 0.3) is 10.2 Å². The molecule has 1 aromatic carbocycles. The molecular formula is C19H18BrN3O3S. The number of nitrogens with zero attached hydrogens (tertiary/aromatic N) is 2. The van der Waals surface area contributed by atoms with Crippen LogP contribution >= 0.6 is 27.3 Å². The summed E-state index contributed by atoms with van der Waals surface area (Å²) < 4.78 is 7.97. The summed E-state index contributed by atoms with van der Waals surface area (Å²) in [4.78, 5) is 31.8. The van der Waals surface area contributed by atoms with E-state index >= 15 is 0 Å². The molecule has 1 aliphatic rings. The summed E-state index contributed by atoms with van der Waals surface area (Å²) >= 11 is 4.79. The van der Waals surface area contributed by atoms with Crippen LogP contribution in [0.5, 0.6) is 0 Å². The maximum absolute atomic E-state index is 13.1. The highest BCUT2D eigenvalue weighted by Crippen LogP contribution is 2.29. The van der Waals surface area contributed by atoms with E-state index in [9.17, 15) is 9.59 Å². The fourth-order valence-corrected chi connectivity index (χ4v) is 4.66. The van der Waals surface area contributed by atoms with Crippen molar-refractivity contribution in [3.8, 4) is 0 Å². The van der Waals surface area contributed by atoms with Crippen molar-refractivity contribution < 1.29 is 9.53 Å². The Morgan fingerprint density at radius 3 is 3.00 bits per heavy atom. The molecule has 27 heavy (non-hydrogen) atoms. The molecule has 3 heterocycles. The molecule has 1 fully saturated rings. The van der Waals surface area contributed by atoms with E-state index in [1.807, 2.05) is 25.1 Å². The van der Waals surface area contributed by atoms with Crippen molar-refractivity contribution in [2.75, 3.05) is 11.9 Å². The van der Waals surface area contributed by atoms with E-state index in [0.29, 0.717) is 28.0 Å². The van der Waals surface area contributed by atoms with Gasteiger partial charge in [0.2, 0.25) is 0 Å². The standard InChI is InChI=1S/C19H18BrN3O3S/c1-11-15(17(24)22-14-7-3-2-6-13(14)20)16-18(27-11)21-10-23(19(16)25)9-12-5-4-8-26-12/h2-3,6-7,10,12H,4-5,8-9H2,1H3,(H,22,24)/t12-/m1/s1. The molecule has 1 N–H and O–H groups in total. The summed E-state index contributed by atoms with van der Waals surface area (Å²) in [5.41, 5.74) is 0.854. The molecule has 2 aromatic heterocycles. The first-order chi connectivity index (χ1) is 13.0. The molecular weight excluding hydrogens is 430 g/mol. The zero-order valence-electron chi connectivity index (χ0n) is 14.7. The zero-order valence-corrected chi connectivity index (χ0v) is 17.1. The van der Waals surface area contributed by atoms with Gasteiger partial charge in [0, 0.05) is 16.0 Å². The summed E-state index contributed by atoms with van der Waals surface area (Å²) in [6.45, 7) is 3.03. The zero-order chi connectivity index (χ0) is 19.0. The Labute approximate surface area is 168 Å². The molecule has 1 amide bonds. The number of para-hydroxylation sites is 1. The molecule has 140 valence electrons. The third-order valence-electron chi connectivity index (χ3n) is 4.63. The van der Waals surface area contributed by atoms with Gasteiger partial charge in [-0.05, 0) is 47.8 Å². The number of carbonyl (C=O) groups excluding carboxylic acids is 1. The van der Waals surface area contributed by atoms with E-state index < -0.39 is 0 Å². The lowest BCUT2D eigenvalue weighted by Crippen LogP contribution is -2.27. The van der Waals surface area contributed by atoms with Crippen LogP contribution in [0.2, 0.25) is 0 Å². The smallest absolute Gasteiger partial charge is 0.262 e. The van der Waals surface area contributed by atoms with Gasteiger partial charge in [-0.2, -0.15) is 0 Å². The Balaban J connectivity index is 1.73. The van der Waals surface area contributed by atoms with Gasteiger partial charge in [-0.3, -0.25) is 14.2 Å². The number of hydrogen-bond acceptors (Lipinski definition) is 5. The Hall–Kier alpha value is -2.03. The van der Waals surface area contributed by atoms with Crippen LogP contribution < -0.4 is 10.9 Å². The minimum Gasteiger partial charge on any atom is -0.376 e. The van der Waals surface area contributed by atoms with Crippen molar-refractivity contribution in [3.05, 3.63) is 55.9 Å². The third-order valence-corrected chi connectivity index (χ3v) is 6.33. The second kappa shape index (κ2) is 7.53. The van der Waals surface area contributed by atoms with Gasteiger partial charge in [0.25, 0.3) is 11.5 Å². The Kier molecular flexibility index (Phi) is 5.12. The number of anilines is 1. The molecule has 3 aromatic rings. The van der Waals surface area contributed by atoms with Crippen LogP contribution in [-0.4, -0.2) is 28.2 Å². The van der Waals surface area contributed by atoms with Gasteiger partial charge in [-0.1, -0.05) is 12.1 Å². The summed E-state index contributed by atoms with van der Waals surface area (Å²) in [6.07, 6.45) is 3.52. The van der Waals surface area contributed by atoms with Gasteiger partial charge < -0.3 is 10.1 Å². The summed E-state index contributed by atoms with van der Waals surface area (Å²) in [7, 11) is 0. The van der Waals surface area contributed by atoms with Gasteiger partial charge in [0.1, 0.15) is 4.83 Å². The van der Waals surface area contributed by atoms with Gasteiger partial charge in [-0.25, -0.2) is 4.98 Å². The van der Waals surface area contributed by atoms with Gasteiger partial charge in [0.15, 0.2) is 0 Å². The molecule has 8 heteroatoms. The number of hydrogen-bond donors (Lipinski definition) is 1. The number of benzene rings is 1. The van der Waals surface area contributed by atoms with E-state index in [-0.39, 0.29) is 17.6 Å². The molecule has 0 radical (unpaired) electrons. The predicted molar refractivity (Wildman–Crippen MR) is 110 cm³/mol. The molecule has 4 rings (SSSR count). The quantitative estimate of drug-likeness (QED) is 0.656. The van der Waals surface area contributed by atoms with Gasteiger partial charge >= 0.3 is 0 Å². The van der Waals surface area contributed by atoms with Crippen molar-refractivity contribution in [2.45, 2.75) is 32.4 Å². The molecule has 0 bridgehead atoms. The Bertz CT molecular complexity index is 1070. The highest BCUT2D eigenvalue weighted by molar-refractivity contribution is 9.10. The normalized spacial score (nSPS) is 16.7. The largest absolute Gasteiger partial charge is 0.376 e. The van der Waals surface area contributed by atoms with Crippen LogP contribution in [0.15, 0.2) is 39.9 Å². The number of carbonyl (C=O) groups is 1. The fourth-order valence-electron chi connectivity index (χ4n) is 3.30. The lowest BCUT2D eigenvalue weighted by atomic mass is 10.1. The summed E-state index contributed by atoms with van der Waals surface area (Å²) in [5.74, 6) is -0.306. The second-order valence-corrected chi connectivity index (χ2v) is 8.54. The molecule has 1 aliphatic heterocycles. The monoisotopic (exact) mass is 447 g/mol. The highest BCUT2D eigenvalue weighted by atomic mass is 79.9. The number of ether oxygens (including phenoxy) is 1. The van der Waals surface area contributed by atoms with Crippen molar-refractivity contribution in [3.63, 3.8) is 0 Å². The van der Waals surface area contributed by atoms with Crippen LogP contribution in [-0.2, 0) is 11.3 Å². The predicted octanol–water partition coefficient (Wildman–Crippen LogP) is 3.96. The molecule has 1 saturated heterocycles. The number of amides is 1. The van der Waals surface area contributed by atoms with Crippen molar-refractivity contribution in [2.24, 2.45) is 0 Å². The SMILES string of the molecule is Cc1sc2ncn(C[C@H]3CCCO3)c(=O)c2c1C(=O)Nc1ccccc1Br. The van der Waals surface area contributed by atoms with E-state index in [1.54, 1.807) is 17.0 Å².